The topological polar surface area (TPSA) is 70.2 Å². The summed E-state index contributed by atoms with van der Waals surface area (Å²) in [6.45, 7) is 1.37. The van der Waals surface area contributed by atoms with Crippen LogP contribution in [0.3, 0.4) is 0 Å². The number of aromatic hydroxyl groups is 1. The molecule has 0 radical (unpaired) electrons. The molecule has 2 rings (SSSR count). The average Bonchev–Trinajstić information content (AvgIpc) is 2.59. The molecule has 4 heteroatoms. The van der Waals surface area contributed by atoms with Crippen molar-refractivity contribution in [3.63, 3.8) is 0 Å². The van der Waals surface area contributed by atoms with E-state index in [0.29, 0.717) is 17.5 Å². The number of Topliss-reactive ketones (excluding diaryl/α,β-unsaturated/α-hetero) is 1. The maximum atomic E-state index is 11.3. The fourth-order valence-electron chi connectivity index (χ4n) is 1.63. The van der Waals surface area contributed by atoms with Crippen molar-refractivity contribution in [3.05, 3.63) is 29.5 Å². The summed E-state index contributed by atoms with van der Waals surface area (Å²) in [5.41, 5.74) is 1.11. The maximum absolute atomic E-state index is 11.3. The Morgan fingerprint density at radius 3 is 2.69 bits per heavy atom. The van der Waals surface area contributed by atoms with E-state index in [2.05, 4.69) is 4.98 Å². The van der Waals surface area contributed by atoms with Gasteiger partial charge in [0.15, 0.2) is 12.1 Å². The van der Waals surface area contributed by atoms with Crippen molar-refractivity contribution in [2.75, 3.05) is 0 Å². The zero-order chi connectivity index (χ0) is 11.0. The SMILES string of the molecule is C.CC(=O)c1c(O)ccc2cc(C=O)[nH]c12. The third-order valence-corrected chi connectivity index (χ3v) is 2.27. The van der Waals surface area contributed by atoms with Crippen molar-refractivity contribution < 1.29 is 14.7 Å². The largest absolute Gasteiger partial charge is 0.507 e. The number of benzene rings is 1. The molecule has 1 aromatic carbocycles. The number of phenols is 1. The van der Waals surface area contributed by atoms with Crippen LogP contribution in [0, 0.1) is 0 Å². The van der Waals surface area contributed by atoms with Crippen LogP contribution < -0.4 is 0 Å². The summed E-state index contributed by atoms with van der Waals surface area (Å²) >= 11 is 0. The predicted octanol–water partition coefficient (Wildman–Crippen LogP) is 2.52. The molecule has 2 aromatic rings. The lowest BCUT2D eigenvalue weighted by atomic mass is 10.1. The van der Waals surface area contributed by atoms with Crippen molar-refractivity contribution in [2.24, 2.45) is 0 Å². The minimum absolute atomic E-state index is 0. The minimum atomic E-state index is -0.239. The molecule has 2 N–H and O–H groups in total. The maximum Gasteiger partial charge on any atom is 0.166 e. The summed E-state index contributed by atoms with van der Waals surface area (Å²) in [7, 11) is 0. The number of carbonyl (C=O) groups is 2. The summed E-state index contributed by atoms with van der Waals surface area (Å²) in [6.07, 6.45) is 0.668. The molecule has 84 valence electrons. The van der Waals surface area contributed by atoms with Gasteiger partial charge in [0.25, 0.3) is 0 Å². The number of fused-ring (bicyclic) bond motifs is 1. The van der Waals surface area contributed by atoms with Crippen molar-refractivity contribution >= 4 is 23.0 Å². The van der Waals surface area contributed by atoms with Crippen LogP contribution in [-0.2, 0) is 0 Å². The quantitative estimate of drug-likeness (QED) is 0.602. The van der Waals surface area contributed by atoms with E-state index in [1.807, 2.05) is 0 Å². The normalized spacial score (nSPS) is 9.81. The molecule has 1 aromatic heterocycles. The first-order chi connectivity index (χ1) is 7.13. The summed E-state index contributed by atoms with van der Waals surface area (Å²) in [4.78, 5) is 24.7. The van der Waals surface area contributed by atoms with Gasteiger partial charge in [-0.2, -0.15) is 0 Å². The molecule has 16 heavy (non-hydrogen) atoms. The molecule has 0 atom stereocenters. The molecular formula is C12H13NO3. The van der Waals surface area contributed by atoms with E-state index in [1.165, 1.54) is 13.0 Å². The lowest BCUT2D eigenvalue weighted by molar-refractivity contribution is 0.101. The van der Waals surface area contributed by atoms with Crippen LogP contribution in [0.5, 0.6) is 5.75 Å². The van der Waals surface area contributed by atoms with Gasteiger partial charge < -0.3 is 10.1 Å². The van der Waals surface area contributed by atoms with Gasteiger partial charge >= 0.3 is 0 Å². The molecule has 0 fully saturated rings. The lowest BCUT2D eigenvalue weighted by Gasteiger charge is -2.01. The fourth-order valence-corrected chi connectivity index (χ4v) is 1.63. The first kappa shape index (κ1) is 12.0. The third kappa shape index (κ3) is 1.69. The molecule has 0 bridgehead atoms. The molecule has 0 amide bonds. The minimum Gasteiger partial charge on any atom is -0.507 e. The fraction of sp³-hybridized carbons (Fsp3) is 0.167. The smallest absolute Gasteiger partial charge is 0.166 e. The van der Waals surface area contributed by atoms with E-state index >= 15 is 0 Å². The van der Waals surface area contributed by atoms with Gasteiger partial charge in [-0.25, -0.2) is 0 Å². The number of aldehydes is 1. The molecule has 0 saturated carbocycles. The van der Waals surface area contributed by atoms with Crippen LogP contribution in [-0.4, -0.2) is 22.2 Å². The van der Waals surface area contributed by atoms with Gasteiger partial charge in [-0.3, -0.25) is 9.59 Å². The monoisotopic (exact) mass is 219 g/mol. The molecule has 0 aliphatic carbocycles. The van der Waals surface area contributed by atoms with E-state index in [1.54, 1.807) is 12.1 Å². The highest BCUT2D eigenvalue weighted by molar-refractivity contribution is 6.09. The number of aromatic amines is 1. The summed E-state index contributed by atoms with van der Waals surface area (Å²) < 4.78 is 0. The number of H-pyrrole nitrogens is 1. The Morgan fingerprint density at radius 1 is 1.44 bits per heavy atom. The molecule has 0 aliphatic rings. The first-order valence-corrected chi connectivity index (χ1v) is 4.44. The molecular weight excluding hydrogens is 206 g/mol. The van der Waals surface area contributed by atoms with Crippen molar-refractivity contribution in [1.82, 2.24) is 4.98 Å². The van der Waals surface area contributed by atoms with Gasteiger partial charge in [0.1, 0.15) is 5.75 Å². The Morgan fingerprint density at radius 2 is 2.12 bits per heavy atom. The molecule has 0 unspecified atom stereocenters. The Hall–Kier alpha value is -2.10. The Labute approximate surface area is 92.9 Å². The van der Waals surface area contributed by atoms with E-state index in [9.17, 15) is 14.7 Å². The Balaban J connectivity index is 0.00000128. The number of ketones is 1. The Bertz CT molecular complexity index is 555. The van der Waals surface area contributed by atoms with Crippen LogP contribution in [0.25, 0.3) is 10.9 Å². The summed E-state index contributed by atoms with van der Waals surface area (Å²) in [6, 6.07) is 4.73. The van der Waals surface area contributed by atoms with E-state index < -0.39 is 0 Å². The molecule has 0 spiro atoms. The highest BCUT2D eigenvalue weighted by Gasteiger charge is 2.13. The molecule has 0 saturated heterocycles. The van der Waals surface area contributed by atoms with Gasteiger partial charge in [-0.05, 0) is 25.1 Å². The van der Waals surface area contributed by atoms with Crippen molar-refractivity contribution in [1.29, 1.82) is 0 Å². The number of hydrogen-bond acceptors (Lipinski definition) is 3. The lowest BCUT2D eigenvalue weighted by Crippen LogP contribution is -1.94. The van der Waals surface area contributed by atoms with Crippen LogP contribution in [0.4, 0.5) is 0 Å². The standard InChI is InChI=1S/C11H9NO3.CH4/c1-6(14)10-9(15)3-2-7-4-8(5-13)12-11(7)10;/h2-5,12,15H,1H3;1H4. The predicted molar refractivity (Wildman–Crippen MR) is 62.1 cm³/mol. The van der Waals surface area contributed by atoms with E-state index in [0.717, 1.165) is 5.39 Å². The highest BCUT2D eigenvalue weighted by Crippen LogP contribution is 2.27. The number of hydrogen-bond donors (Lipinski definition) is 2. The van der Waals surface area contributed by atoms with Gasteiger partial charge in [0.2, 0.25) is 0 Å². The summed E-state index contributed by atoms with van der Waals surface area (Å²) in [5, 5.41) is 10.3. The second-order valence-corrected chi connectivity index (χ2v) is 3.32. The van der Waals surface area contributed by atoms with E-state index in [4.69, 9.17) is 0 Å². The van der Waals surface area contributed by atoms with Gasteiger partial charge in [-0.15, -0.1) is 0 Å². The number of nitrogens with one attached hydrogen (secondary N) is 1. The Kier molecular flexibility index (Phi) is 3.13. The molecule has 1 heterocycles. The first-order valence-electron chi connectivity index (χ1n) is 4.44. The number of rotatable bonds is 2. The van der Waals surface area contributed by atoms with E-state index in [-0.39, 0.29) is 24.5 Å². The number of phenolic OH excluding ortho intramolecular Hbond substituents is 1. The second kappa shape index (κ2) is 4.18. The van der Waals surface area contributed by atoms with Crippen LogP contribution in [0.2, 0.25) is 0 Å². The number of carbonyl (C=O) groups excluding carboxylic acids is 2. The van der Waals surface area contributed by atoms with Crippen molar-refractivity contribution in [3.8, 4) is 5.75 Å². The summed E-state index contributed by atoms with van der Waals surface area (Å²) in [5.74, 6) is -0.313. The highest BCUT2D eigenvalue weighted by atomic mass is 16.3. The van der Waals surface area contributed by atoms with Gasteiger partial charge in [-0.1, -0.05) is 7.43 Å². The van der Waals surface area contributed by atoms with Crippen LogP contribution in [0.1, 0.15) is 35.2 Å². The number of aromatic nitrogens is 1. The van der Waals surface area contributed by atoms with Gasteiger partial charge in [0, 0.05) is 5.39 Å². The third-order valence-electron chi connectivity index (χ3n) is 2.27. The second-order valence-electron chi connectivity index (χ2n) is 3.32. The molecule has 0 aliphatic heterocycles. The van der Waals surface area contributed by atoms with Crippen molar-refractivity contribution in [2.45, 2.75) is 14.4 Å². The van der Waals surface area contributed by atoms with Crippen LogP contribution >= 0.6 is 0 Å². The zero-order valence-corrected chi connectivity index (χ0v) is 8.07. The van der Waals surface area contributed by atoms with Gasteiger partial charge in [0.05, 0.1) is 16.8 Å². The average molecular weight is 219 g/mol. The van der Waals surface area contributed by atoms with Crippen LogP contribution in [0.15, 0.2) is 18.2 Å². The molecule has 4 nitrogen and oxygen atoms in total. The zero-order valence-electron chi connectivity index (χ0n) is 8.07.